The molecule has 0 aromatic heterocycles. The van der Waals surface area contributed by atoms with Crippen LogP contribution >= 0.6 is 8.03 Å². The number of hydrogen-bond donors (Lipinski definition) is 2. The van der Waals surface area contributed by atoms with Crippen molar-refractivity contribution in [3.05, 3.63) is 61.2 Å². The summed E-state index contributed by atoms with van der Waals surface area (Å²) in [6.07, 6.45) is 3.42. The van der Waals surface area contributed by atoms with Crippen LogP contribution in [0, 0.1) is 0 Å². The predicted octanol–water partition coefficient (Wildman–Crippen LogP) is 2.52. The van der Waals surface area contributed by atoms with Gasteiger partial charge in [-0.3, -0.25) is 4.57 Å². The van der Waals surface area contributed by atoms with Crippen LogP contribution in [0.1, 0.15) is 11.4 Å². The first-order valence-electron chi connectivity index (χ1n) is 5.38. The second-order valence-electron chi connectivity index (χ2n) is 3.27. The van der Waals surface area contributed by atoms with Crippen LogP contribution in [0.2, 0.25) is 0 Å². The highest BCUT2D eigenvalue weighted by Gasteiger charge is 2.10. The van der Waals surface area contributed by atoms with Crippen molar-refractivity contribution in [2.45, 2.75) is 5.85 Å². The van der Waals surface area contributed by atoms with Crippen LogP contribution in [-0.2, 0) is 9.30 Å². The molecule has 0 aliphatic rings. The Hall–Kier alpha value is -1.19. The molecule has 0 fully saturated rings. The van der Waals surface area contributed by atoms with E-state index in [1.54, 1.807) is 42.5 Å². The quantitative estimate of drug-likeness (QED) is 0.473. The van der Waals surface area contributed by atoms with Crippen molar-refractivity contribution in [1.82, 2.24) is 0 Å². The molecule has 1 aromatic carbocycles. The standard InChI is InChI=1S/C7H9O3P.C6H10O/c8-7(11(9)10)6-4-2-1-3-5-6;1-3-5-7-6-4-2/h1-5,7-8,11H,(H,9,10);3-4H,1-2,5-6H2. The van der Waals surface area contributed by atoms with Gasteiger partial charge in [-0.25, -0.2) is 0 Å². The molecule has 5 heteroatoms. The number of rotatable bonds is 6. The van der Waals surface area contributed by atoms with Gasteiger partial charge in [-0.05, 0) is 5.56 Å². The maximum absolute atomic E-state index is 10.4. The molecule has 2 N–H and O–H groups in total. The van der Waals surface area contributed by atoms with Gasteiger partial charge in [0, 0.05) is 0 Å². The maximum Gasteiger partial charge on any atom is 0.221 e. The van der Waals surface area contributed by atoms with Gasteiger partial charge in [0.15, 0.2) is 5.85 Å². The minimum Gasteiger partial charge on any atom is -0.378 e. The molecule has 0 aliphatic heterocycles. The highest BCUT2D eigenvalue weighted by molar-refractivity contribution is 7.38. The molecule has 0 saturated carbocycles. The molecule has 2 atom stereocenters. The Morgan fingerprint density at radius 2 is 1.72 bits per heavy atom. The lowest BCUT2D eigenvalue weighted by Crippen LogP contribution is -1.89. The Balaban J connectivity index is 0.000000360. The summed E-state index contributed by atoms with van der Waals surface area (Å²) < 4.78 is 15.3. The summed E-state index contributed by atoms with van der Waals surface area (Å²) in [5.74, 6) is -1.22. The molecule has 0 spiro atoms. The van der Waals surface area contributed by atoms with Gasteiger partial charge >= 0.3 is 0 Å². The normalized spacial score (nSPS) is 12.8. The zero-order valence-corrected chi connectivity index (χ0v) is 11.2. The summed E-state index contributed by atoms with van der Waals surface area (Å²) in [6.45, 7) is 8.18. The third-order valence-electron chi connectivity index (χ3n) is 1.82. The monoisotopic (exact) mass is 270 g/mol. The van der Waals surface area contributed by atoms with E-state index in [2.05, 4.69) is 13.2 Å². The van der Waals surface area contributed by atoms with Crippen LogP contribution in [-0.4, -0.2) is 23.2 Å². The number of benzene rings is 1. The lowest BCUT2D eigenvalue weighted by molar-refractivity contribution is 0.194. The average molecular weight is 270 g/mol. The van der Waals surface area contributed by atoms with Crippen LogP contribution in [0.5, 0.6) is 0 Å². The van der Waals surface area contributed by atoms with Gasteiger partial charge in [-0.15, -0.1) is 13.2 Å². The molecular weight excluding hydrogens is 251 g/mol. The first-order valence-corrected chi connectivity index (χ1v) is 6.82. The molecule has 0 heterocycles. The van der Waals surface area contributed by atoms with Gasteiger partial charge in [0.2, 0.25) is 8.03 Å². The molecule has 0 amide bonds. The SMILES string of the molecule is C=CCOCC=C.O=[PH](O)C(O)c1ccccc1. The van der Waals surface area contributed by atoms with Gasteiger partial charge < -0.3 is 14.7 Å². The summed E-state index contributed by atoms with van der Waals surface area (Å²) in [7, 11) is -2.86. The summed E-state index contributed by atoms with van der Waals surface area (Å²) in [4.78, 5) is 8.57. The molecule has 0 aliphatic carbocycles. The Kier molecular flexibility index (Phi) is 10.2. The number of aliphatic hydroxyl groups excluding tert-OH is 1. The van der Waals surface area contributed by atoms with Gasteiger partial charge in [0.25, 0.3) is 0 Å². The fourth-order valence-corrected chi connectivity index (χ4v) is 1.49. The van der Waals surface area contributed by atoms with E-state index in [1.807, 2.05) is 0 Å². The summed E-state index contributed by atoms with van der Waals surface area (Å²) in [5.41, 5.74) is 0.485. The zero-order valence-electron chi connectivity index (χ0n) is 10.2. The molecule has 2 unspecified atom stereocenters. The first kappa shape index (κ1) is 16.8. The molecule has 18 heavy (non-hydrogen) atoms. The molecule has 0 radical (unpaired) electrons. The Morgan fingerprint density at radius 3 is 2.11 bits per heavy atom. The van der Waals surface area contributed by atoms with E-state index < -0.39 is 13.9 Å². The minimum atomic E-state index is -2.86. The van der Waals surface area contributed by atoms with Crippen LogP contribution < -0.4 is 0 Å². The lowest BCUT2D eigenvalue weighted by atomic mass is 10.2. The average Bonchev–Trinajstić information content (AvgIpc) is 2.40. The summed E-state index contributed by atoms with van der Waals surface area (Å²) >= 11 is 0. The van der Waals surface area contributed by atoms with Gasteiger partial charge in [-0.1, -0.05) is 42.5 Å². The van der Waals surface area contributed by atoms with Crippen LogP contribution in [0.15, 0.2) is 55.6 Å². The first-order chi connectivity index (χ1) is 8.63. The van der Waals surface area contributed by atoms with E-state index in [0.717, 1.165) is 0 Å². The van der Waals surface area contributed by atoms with Gasteiger partial charge in [-0.2, -0.15) is 0 Å². The largest absolute Gasteiger partial charge is 0.378 e. The highest BCUT2D eigenvalue weighted by Crippen LogP contribution is 2.34. The molecule has 1 rings (SSSR count). The number of hydrogen-bond acceptors (Lipinski definition) is 3. The van der Waals surface area contributed by atoms with Crippen LogP contribution in [0.25, 0.3) is 0 Å². The molecule has 1 aromatic rings. The van der Waals surface area contributed by atoms with Crippen LogP contribution in [0.4, 0.5) is 0 Å². The van der Waals surface area contributed by atoms with E-state index in [1.165, 1.54) is 0 Å². The van der Waals surface area contributed by atoms with E-state index in [0.29, 0.717) is 18.8 Å². The van der Waals surface area contributed by atoms with E-state index in [9.17, 15) is 4.57 Å². The molecule has 0 saturated heterocycles. The maximum atomic E-state index is 10.4. The van der Waals surface area contributed by atoms with Gasteiger partial charge in [0.1, 0.15) is 0 Å². The second kappa shape index (κ2) is 10.9. The third kappa shape index (κ3) is 7.98. The molecule has 4 nitrogen and oxygen atoms in total. The van der Waals surface area contributed by atoms with Crippen molar-refractivity contribution in [1.29, 1.82) is 0 Å². The Morgan fingerprint density at radius 1 is 1.22 bits per heavy atom. The molecule has 0 bridgehead atoms. The van der Waals surface area contributed by atoms with Crippen molar-refractivity contribution in [2.24, 2.45) is 0 Å². The van der Waals surface area contributed by atoms with Crippen molar-refractivity contribution >= 4 is 8.03 Å². The van der Waals surface area contributed by atoms with Crippen molar-refractivity contribution in [3.63, 3.8) is 0 Å². The number of ether oxygens (including phenoxy) is 1. The van der Waals surface area contributed by atoms with Gasteiger partial charge in [0.05, 0.1) is 13.2 Å². The van der Waals surface area contributed by atoms with Crippen molar-refractivity contribution in [3.8, 4) is 0 Å². The third-order valence-corrected chi connectivity index (χ3v) is 2.62. The Labute approximate surface area is 108 Å². The van der Waals surface area contributed by atoms with Crippen LogP contribution in [0.3, 0.4) is 0 Å². The highest BCUT2D eigenvalue weighted by atomic mass is 31.1. The number of aliphatic hydroxyl groups is 1. The topological polar surface area (TPSA) is 66.8 Å². The summed E-state index contributed by atoms with van der Waals surface area (Å²) in [5, 5.41) is 9.08. The minimum absolute atomic E-state index is 0.485. The van der Waals surface area contributed by atoms with E-state index in [4.69, 9.17) is 14.7 Å². The van der Waals surface area contributed by atoms with E-state index in [-0.39, 0.29) is 0 Å². The zero-order chi connectivity index (χ0) is 13.8. The Bertz CT molecular complexity index is 357. The second-order valence-corrected chi connectivity index (χ2v) is 4.49. The molecular formula is C13H19O4P. The molecule has 100 valence electrons. The van der Waals surface area contributed by atoms with Crippen molar-refractivity contribution < 1.29 is 19.3 Å². The summed E-state index contributed by atoms with van der Waals surface area (Å²) in [6, 6.07) is 8.43. The fourth-order valence-electron chi connectivity index (χ4n) is 1.01. The lowest BCUT2D eigenvalue weighted by Gasteiger charge is -2.04. The van der Waals surface area contributed by atoms with Crippen molar-refractivity contribution in [2.75, 3.05) is 13.2 Å². The smallest absolute Gasteiger partial charge is 0.221 e. The fraction of sp³-hybridized carbons (Fsp3) is 0.231. The van der Waals surface area contributed by atoms with E-state index >= 15 is 0 Å². The predicted molar refractivity (Wildman–Crippen MR) is 73.8 cm³/mol.